The van der Waals surface area contributed by atoms with E-state index in [0.29, 0.717) is 18.9 Å². The summed E-state index contributed by atoms with van der Waals surface area (Å²) in [6.45, 7) is 5.23. The third-order valence-corrected chi connectivity index (χ3v) is 5.17. The molecule has 1 saturated heterocycles. The summed E-state index contributed by atoms with van der Waals surface area (Å²) in [5.41, 5.74) is 4.05. The van der Waals surface area contributed by atoms with Gasteiger partial charge in [0.15, 0.2) is 5.82 Å². The summed E-state index contributed by atoms with van der Waals surface area (Å²) in [7, 11) is 0. The highest BCUT2D eigenvalue weighted by Crippen LogP contribution is 2.39. The molecule has 1 fully saturated rings. The van der Waals surface area contributed by atoms with E-state index in [-0.39, 0.29) is 17.7 Å². The maximum Gasteiger partial charge on any atom is 0.254 e. The Hall–Kier alpha value is -2.95. The number of benzene rings is 2. The number of rotatable bonds is 3. The molecule has 0 aliphatic carbocycles. The number of carbonyl (C=O) groups is 1. The molecule has 2 unspecified atom stereocenters. The topological polar surface area (TPSA) is 59.2 Å². The minimum atomic E-state index is 0.0326. The van der Waals surface area contributed by atoms with Crippen LogP contribution in [0.4, 0.5) is 0 Å². The molecule has 0 spiro atoms. The standard InChI is InChI=1S/C21H21N3O2/c1-14-8-9-15(2)17(10-14)21(25)24-11-18(16-6-4-3-5-7-16)19(12-24)20-22-13-26-23-20/h3-10,13,18-19H,11-12H2,1-2H3. The molecule has 0 radical (unpaired) electrons. The van der Waals surface area contributed by atoms with Gasteiger partial charge in [-0.1, -0.05) is 53.2 Å². The molecule has 5 nitrogen and oxygen atoms in total. The van der Waals surface area contributed by atoms with Crippen molar-refractivity contribution in [3.63, 3.8) is 0 Å². The van der Waals surface area contributed by atoms with Crippen LogP contribution in [0.3, 0.4) is 0 Å². The van der Waals surface area contributed by atoms with Gasteiger partial charge in [0, 0.05) is 30.5 Å². The molecule has 5 heteroatoms. The largest absolute Gasteiger partial charge is 0.343 e. The zero-order valence-corrected chi connectivity index (χ0v) is 14.9. The van der Waals surface area contributed by atoms with Crippen LogP contribution in [0.15, 0.2) is 59.4 Å². The van der Waals surface area contributed by atoms with Crippen molar-refractivity contribution >= 4 is 5.91 Å². The van der Waals surface area contributed by atoms with Crippen LogP contribution in [0, 0.1) is 13.8 Å². The third-order valence-electron chi connectivity index (χ3n) is 5.17. The molecule has 0 saturated carbocycles. The van der Waals surface area contributed by atoms with E-state index in [9.17, 15) is 4.79 Å². The first-order chi connectivity index (χ1) is 12.6. The van der Waals surface area contributed by atoms with E-state index in [1.165, 1.54) is 12.0 Å². The highest BCUT2D eigenvalue weighted by atomic mass is 16.5. The molecule has 2 heterocycles. The number of carbonyl (C=O) groups excluding carboxylic acids is 1. The van der Waals surface area contributed by atoms with Crippen LogP contribution in [-0.4, -0.2) is 34.0 Å². The summed E-state index contributed by atoms with van der Waals surface area (Å²) in [5.74, 6) is 0.918. The summed E-state index contributed by atoms with van der Waals surface area (Å²) in [6, 6.07) is 16.3. The van der Waals surface area contributed by atoms with E-state index in [1.807, 2.05) is 55.1 Å². The first-order valence-corrected chi connectivity index (χ1v) is 8.81. The van der Waals surface area contributed by atoms with Gasteiger partial charge in [-0.2, -0.15) is 4.98 Å². The van der Waals surface area contributed by atoms with Crippen molar-refractivity contribution in [3.8, 4) is 0 Å². The highest BCUT2D eigenvalue weighted by molar-refractivity contribution is 5.96. The Morgan fingerprint density at radius 1 is 1.08 bits per heavy atom. The van der Waals surface area contributed by atoms with Crippen LogP contribution in [0.1, 0.15) is 44.7 Å². The van der Waals surface area contributed by atoms with Crippen LogP contribution in [0.25, 0.3) is 0 Å². The van der Waals surface area contributed by atoms with Gasteiger partial charge in [-0.25, -0.2) is 0 Å². The van der Waals surface area contributed by atoms with Gasteiger partial charge >= 0.3 is 0 Å². The van der Waals surface area contributed by atoms with Crippen molar-refractivity contribution in [2.75, 3.05) is 13.1 Å². The maximum atomic E-state index is 13.2. The molecule has 132 valence electrons. The molecular weight excluding hydrogens is 326 g/mol. The predicted octanol–water partition coefficient (Wildman–Crippen LogP) is 3.71. The summed E-state index contributed by atoms with van der Waals surface area (Å²) in [4.78, 5) is 19.3. The number of hydrogen-bond donors (Lipinski definition) is 0. The molecule has 26 heavy (non-hydrogen) atoms. The van der Waals surface area contributed by atoms with Crippen LogP contribution in [0.5, 0.6) is 0 Å². The Morgan fingerprint density at radius 2 is 1.85 bits per heavy atom. The van der Waals surface area contributed by atoms with Crippen LogP contribution >= 0.6 is 0 Å². The number of aryl methyl sites for hydroxylation is 2. The van der Waals surface area contributed by atoms with E-state index in [0.717, 1.165) is 16.7 Å². The fraction of sp³-hybridized carbons (Fsp3) is 0.286. The number of likely N-dealkylation sites (tertiary alicyclic amines) is 1. The zero-order chi connectivity index (χ0) is 18.1. The average Bonchev–Trinajstić information content (AvgIpc) is 3.33. The minimum absolute atomic E-state index is 0.0326. The quantitative estimate of drug-likeness (QED) is 0.725. The van der Waals surface area contributed by atoms with Gasteiger partial charge in [0.1, 0.15) is 0 Å². The fourth-order valence-electron chi connectivity index (χ4n) is 3.75. The molecule has 2 aromatic carbocycles. The van der Waals surface area contributed by atoms with E-state index in [1.54, 1.807) is 0 Å². The second-order valence-electron chi connectivity index (χ2n) is 6.94. The number of hydrogen-bond acceptors (Lipinski definition) is 4. The Balaban J connectivity index is 1.67. The van der Waals surface area contributed by atoms with E-state index in [4.69, 9.17) is 4.52 Å². The van der Waals surface area contributed by atoms with Gasteiger partial charge in [0.2, 0.25) is 6.39 Å². The van der Waals surface area contributed by atoms with Gasteiger partial charge in [-0.15, -0.1) is 0 Å². The number of aromatic nitrogens is 2. The molecule has 1 amide bonds. The molecule has 4 rings (SSSR count). The van der Waals surface area contributed by atoms with Crippen molar-refractivity contribution < 1.29 is 9.32 Å². The lowest BCUT2D eigenvalue weighted by molar-refractivity contribution is 0.0788. The zero-order valence-electron chi connectivity index (χ0n) is 14.9. The third kappa shape index (κ3) is 3.01. The second kappa shape index (κ2) is 6.75. The van der Waals surface area contributed by atoms with E-state index >= 15 is 0 Å². The van der Waals surface area contributed by atoms with Gasteiger partial charge in [-0.05, 0) is 31.0 Å². The van der Waals surface area contributed by atoms with Gasteiger partial charge in [0.05, 0.1) is 0 Å². The first-order valence-electron chi connectivity index (χ1n) is 8.81. The molecule has 1 aliphatic heterocycles. The van der Waals surface area contributed by atoms with Crippen LogP contribution < -0.4 is 0 Å². The van der Waals surface area contributed by atoms with Crippen molar-refractivity contribution in [1.82, 2.24) is 15.0 Å². The predicted molar refractivity (Wildman–Crippen MR) is 98.0 cm³/mol. The Labute approximate surface area is 152 Å². The summed E-state index contributed by atoms with van der Waals surface area (Å²) in [5, 5.41) is 4.05. The van der Waals surface area contributed by atoms with Crippen LogP contribution in [-0.2, 0) is 0 Å². The molecule has 2 atom stereocenters. The van der Waals surface area contributed by atoms with Crippen LogP contribution in [0.2, 0.25) is 0 Å². The Kier molecular flexibility index (Phi) is 4.29. The SMILES string of the molecule is Cc1ccc(C)c(C(=O)N2CC(c3ccccc3)C(c3ncon3)C2)c1. The number of amides is 1. The molecule has 0 N–H and O–H groups in total. The molecular formula is C21H21N3O2. The smallest absolute Gasteiger partial charge is 0.254 e. The highest BCUT2D eigenvalue weighted by Gasteiger charge is 2.39. The summed E-state index contributed by atoms with van der Waals surface area (Å²) >= 11 is 0. The van der Waals surface area contributed by atoms with Gasteiger partial charge < -0.3 is 9.42 Å². The molecule has 1 aromatic heterocycles. The lowest BCUT2D eigenvalue weighted by Gasteiger charge is -2.18. The van der Waals surface area contributed by atoms with Gasteiger partial charge in [-0.3, -0.25) is 4.79 Å². The van der Waals surface area contributed by atoms with Gasteiger partial charge in [0.25, 0.3) is 5.91 Å². The van der Waals surface area contributed by atoms with Crippen molar-refractivity contribution in [1.29, 1.82) is 0 Å². The van der Waals surface area contributed by atoms with E-state index < -0.39 is 0 Å². The lowest BCUT2D eigenvalue weighted by Crippen LogP contribution is -2.29. The maximum absolute atomic E-state index is 13.2. The fourth-order valence-corrected chi connectivity index (χ4v) is 3.75. The molecule has 3 aromatic rings. The second-order valence-corrected chi connectivity index (χ2v) is 6.94. The minimum Gasteiger partial charge on any atom is -0.343 e. The van der Waals surface area contributed by atoms with E-state index in [2.05, 4.69) is 22.3 Å². The first kappa shape index (κ1) is 16.5. The van der Waals surface area contributed by atoms with Crippen molar-refractivity contribution in [2.24, 2.45) is 0 Å². The molecule has 1 aliphatic rings. The van der Waals surface area contributed by atoms with Crippen molar-refractivity contribution in [3.05, 3.63) is 83.0 Å². The Bertz CT molecular complexity index is 906. The Morgan fingerprint density at radius 3 is 2.58 bits per heavy atom. The monoisotopic (exact) mass is 347 g/mol. The normalized spacial score (nSPS) is 19.7. The summed E-state index contributed by atoms with van der Waals surface area (Å²) < 4.78 is 4.96. The average molecular weight is 347 g/mol. The van der Waals surface area contributed by atoms with Crippen molar-refractivity contribution in [2.45, 2.75) is 25.7 Å². The summed E-state index contributed by atoms with van der Waals surface area (Å²) in [6.07, 6.45) is 1.35. The molecule has 0 bridgehead atoms. The lowest BCUT2D eigenvalue weighted by atomic mass is 9.88. The number of nitrogens with zero attached hydrogens (tertiary/aromatic N) is 3.